The Morgan fingerprint density at radius 2 is 1.50 bits per heavy atom. The molecule has 0 amide bonds. The molecule has 1 saturated carbocycles. The number of carboxylic acids is 1. The Balaban J connectivity index is 3.06. The molecule has 1 fully saturated rings. The molecule has 82 valence electrons. The van der Waals surface area contributed by atoms with Crippen LogP contribution in [0.2, 0.25) is 0 Å². The van der Waals surface area contributed by atoms with Gasteiger partial charge in [-0.05, 0) is 23.7 Å². The highest BCUT2D eigenvalue weighted by Gasteiger charge is 2.59. The van der Waals surface area contributed by atoms with Crippen LogP contribution in [0.5, 0.6) is 0 Å². The average molecular weight is 200 g/mol. The molecular weight excluding hydrogens is 180 g/mol. The Bertz CT molecular complexity index is 237. The maximum absolute atomic E-state index is 10.8. The highest BCUT2D eigenvalue weighted by molar-refractivity contribution is 5.68. The van der Waals surface area contributed by atoms with E-state index in [1.165, 1.54) is 0 Å². The van der Waals surface area contributed by atoms with E-state index in [9.17, 15) is 9.90 Å². The standard InChI is InChI=1S/C11H20O3/c1-9(2)5-6-10(3,4)11(9,14)7-8(12)13/h14H,5-7H2,1-4H3,(H,12,13). The van der Waals surface area contributed by atoms with Gasteiger partial charge in [-0.3, -0.25) is 4.79 Å². The summed E-state index contributed by atoms with van der Waals surface area (Å²) in [6.45, 7) is 7.80. The molecule has 1 aliphatic rings. The highest BCUT2D eigenvalue weighted by atomic mass is 16.4. The van der Waals surface area contributed by atoms with Crippen LogP contribution in [-0.4, -0.2) is 21.8 Å². The first-order valence-electron chi connectivity index (χ1n) is 5.07. The predicted molar refractivity (Wildman–Crippen MR) is 54.0 cm³/mol. The number of carbonyl (C=O) groups is 1. The Morgan fingerprint density at radius 3 is 1.79 bits per heavy atom. The van der Waals surface area contributed by atoms with E-state index in [1.54, 1.807) is 0 Å². The van der Waals surface area contributed by atoms with Gasteiger partial charge in [0.25, 0.3) is 0 Å². The van der Waals surface area contributed by atoms with E-state index in [-0.39, 0.29) is 17.3 Å². The first-order valence-corrected chi connectivity index (χ1v) is 5.07. The quantitative estimate of drug-likeness (QED) is 0.717. The molecule has 0 aromatic heterocycles. The fraction of sp³-hybridized carbons (Fsp3) is 0.909. The van der Waals surface area contributed by atoms with Gasteiger partial charge in [-0.15, -0.1) is 0 Å². The lowest BCUT2D eigenvalue weighted by atomic mass is 9.66. The van der Waals surface area contributed by atoms with Gasteiger partial charge in [-0.2, -0.15) is 0 Å². The highest BCUT2D eigenvalue weighted by Crippen LogP contribution is 2.58. The summed E-state index contributed by atoms with van der Waals surface area (Å²) in [6, 6.07) is 0. The van der Waals surface area contributed by atoms with E-state index < -0.39 is 11.6 Å². The Hall–Kier alpha value is -0.570. The third-order valence-electron chi connectivity index (χ3n) is 4.02. The molecule has 0 atom stereocenters. The van der Waals surface area contributed by atoms with Crippen molar-refractivity contribution in [3.63, 3.8) is 0 Å². The van der Waals surface area contributed by atoms with E-state index >= 15 is 0 Å². The predicted octanol–water partition coefficient (Wildman–Crippen LogP) is 2.04. The van der Waals surface area contributed by atoms with Gasteiger partial charge in [0, 0.05) is 0 Å². The van der Waals surface area contributed by atoms with Gasteiger partial charge in [0.1, 0.15) is 0 Å². The molecule has 3 nitrogen and oxygen atoms in total. The molecule has 3 heteroatoms. The molecule has 0 saturated heterocycles. The first-order chi connectivity index (χ1) is 6.12. The maximum atomic E-state index is 10.8. The van der Waals surface area contributed by atoms with Gasteiger partial charge in [-0.25, -0.2) is 0 Å². The molecule has 14 heavy (non-hydrogen) atoms. The van der Waals surface area contributed by atoms with Crippen molar-refractivity contribution in [2.75, 3.05) is 0 Å². The number of aliphatic hydroxyl groups is 1. The third-order valence-corrected chi connectivity index (χ3v) is 4.02. The van der Waals surface area contributed by atoms with Crippen molar-refractivity contribution >= 4 is 5.97 Å². The van der Waals surface area contributed by atoms with Gasteiger partial charge < -0.3 is 10.2 Å². The van der Waals surface area contributed by atoms with Crippen LogP contribution in [0, 0.1) is 10.8 Å². The zero-order valence-electron chi connectivity index (χ0n) is 9.42. The van der Waals surface area contributed by atoms with E-state index in [4.69, 9.17) is 5.11 Å². The van der Waals surface area contributed by atoms with Crippen molar-refractivity contribution in [2.24, 2.45) is 10.8 Å². The second kappa shape index (κ2) is 2.96. The van der Waals surface area contributed by atoms with E-state index in [0.717, 1.165) is 12.8 Å². The maximum Gasteiger partial charge on any atom is 0.306 e. The van der Waals surface area contributed by atoms with Crippen LogP contribution in [0.4, 0.5) is 0 Å². The molecule has 1 aliphatic carbocycles. The number of carboxylic acid groups (broad SMARTS) is 1. The first kappa shape index (κ1) is 11.5. The molecule has 0 aliphatic heterocycles. The van der Waals surface area contributed by atoms with Crippen LogP contribution in [0.1, 0.15) is 47.0 Å². The fourth-order valence-electron chi connectivity index (χ4n) is 2.65. The van der Waals surface area contributed by atoms with Gasteiger partial charge in [0.15, 0.2) is 0 Å². The van der Waals surface area contributed by atoms with Crippen LogP contribution in [0.25, 0.3) is 0 Å². The number of aliphatic carboxylic acids is 1. The minimum atomic E-state index is -1.09. The average Bonchev–Trinajstić information content (AvgIpc) is 2.11. The summed E-state index contributed by atoms with van der Waals surface area (Å²) < 4.78 is 0. The van der Waals surface area contributed by atoms with Crippen molar-refractivity contribution in [1.82, 2.24) is 0 Å². The largest absolute Gasteiger partial charge is 0.481 e. The summed E-state index contributed by atoms with van der Waals surface area (Å²) in [6.07, 6.45) is 1.60. The molecule has 1 rings (SSSR count). The lowest BCUT2D eigenvalue weighted by Gasteiger charge is -2.44. The monoisotopic (exact) mass is 200 g/mol. The van der Waals surface area contributed by atoms with Gasteiger partial charge in [0.05, 0.1) is 12.0 Å². The topological polar surface area (TPSA) is 57.5 Å². The number of hydrogen-bond acceptors (Lipinski definition) is 2. The van der Waals surface area contributed by atoms with E-state index in [0.29, 0.717) is 0 Å². The number of hydrogen-bond donors (Lipinski definition) is 2. The minimum absolute atomic E-state index is 0.160. The summed E-state index contributed by atoms with van der Waals surface area (Å²) in [5.74, 6) is -0.921. The molecule has 0 aromatic carbocycles. The smallest absolute Gasteiger partial charge is 0.306 e. The molecule has 0 radical (unpaired) electrons. The van der Waals surface area contributed by atoms with Gasteiger partial charge in [0.2, 0.25) is 0 Å². The van der Waals surface area contributed by atoms with Gasteiger partial charge >= 0.3 is 5.97 Å². The third kappa shape index (κ3) is 1.44. The molecule has 0 heterocycles. The van der Waals surface area contributed by atoms with Crippen molar-refractivity contribution in [2.45, 2.75) is 52.6 Å². The lowest BCUT2D eigenvalue weighted by Crippen LogP contribution is -2.51. The lowest BCUT2D eigenvalue weighted by molar-refractivity contribution is -0.158. The normalized spacial score (nSPS) is 27.5. The summed E-state index contributed by atoms with van der Waals surface area (Å²) in [4.78, 5) is 10.8. The van der Waals surface area contributed by atoms with Crippen LogP contribution >= 0.6 is 0 Å². The molecular formula is C11H20O3. The van der Waals surface area contributed by atoms with E-state index in [1.807, 2.05) is 27.7 Å². The Labute approximate surface area is 85.1 Å². The molecule has 2 N–H and O–H groups in total. The summed E-state index contributed by atoms with van der Waals surface area (Å²) in [7, 11) is 0. The second-order valence-electron chi connectivity index (χ2n) is 5.70. The van der Waals surface area contributed by atoms with Crippen LogP contribution in [0.3, 0.4) is 0 Å². The zero-order valence-corrected chi connectivity index (χ0v) is 9.42. The molecule has 0 unspecified atom stereocenters. The summed E-state index contributed by atoms with van der Waals surface area (Å²) in [5.41, 5.74) is -1.71. The molecule has 0 bridgehead atoms. The summed E-state index contributed by atoms with van der Waals surface area (Å²) in [5, 5.41) is 19.4. The summed E-state index contributed by atoms with van der Waals surface area (Å²) >= 11 is 0. The van der Waals surface area contributed by atoms with Crippen LogP contribution in [-0.2, 0) is 4.79 Å². The van der Waals surface area contributed by atoms with Crippen molar-refractivity contribution in [3.8, 4) is 0 Å². The van der Waals surface area contributed by atoms with Crippen LogP contribution in [0.15, 0.2) is 0 Å². The fourth-order valence-corrected chi connectivity index (χ4v) is 2.65. The molecule has 0 spiro atoms. The minimum Gasteiger partial charge on any atom is -0.481 e. The van der Waals surface area contributed by atoms with Crippen molar-refractivity contribution < 1.29 is 15.0 Å². The Kier molecular flexibility index (Phi) is 2.43. The molecule has 0 aromatic rings. The SMILES string of the molecule is CC1(C)CCC(C)(C)C1(O)CC(=O)O. The van der Waals surface area contributed by atoms with Crippen molar-refractivity contribution in [3.05, 3.63) is 0 Å². The van der Waals surface area contributed by atoms with E-state index in [2.05, 4.69) is 0 Å². The number of rotatable bonds is 2. The Morgan fingerprint density at radius 1 is 1.14 bits per heavy atom. The zero-order chi connectivity index (χ0) is 11.2. The second-order valence-corrected chi connectivity index (χ2v) is 5.70. The van der Waals surface area contributed by atoms with Crippen molar-refractivity contribution in [1.29, 1.82) is 0 Å². The van der Waals surface area contributed by atoms with Crippen LogP contribution < -0.4 is 0 Å². The van der Waals surface area contributed by atoms with Gasteiger partial charge in [-0.1, -0.05) is 27.7 Å².